The van der Waals surface area contributed by atoms with Gasteiger partial charge in [-0.2, -0.15) is 0 Å². The second-order valence-corrected chi connectivity index (χ2v) is 17.2. The molecule has 6 nitrogen and oxygen atoms in total. The Labute approximate surface area is 377 Å². The van der Waals surface area contributed by atoms with Gasteiger partial charge in [0.15, 0.2) is 0 Å². The average Bonchev–Trinajstić information content (AvgIpc) is 3.97. The van der Waals surface area contributed by atoms with E-state index < -0.39 is 66.1 Å². The first-order valence-electron chi connectivity index (χ1n) is 25.6. The quantitative estimate of drug-likeness (QED) is 0.124. The van der Waals surface area contributed by atoms with E-state index >= 15 is 0 Å². The molecule has 0 N–H and O–H groups in total. The van der Waals surface area contributed by atoms with Crippen molar-refractivity contribution in [1.29, 1.82) is 0 Å². The molecule has 0 aliphatic carbocycles. The van der Waals surface area contributed by atoms with Gasteiger partial charge >= 0.3 is 0 Å². The Balaban J connectivity index is 1.14. The van der Waals surface area contributed by atoms with Crippen molar-refractivity contribution in [2.24, 2.45) is 0 Å². The second kappa shape index (κ2) is 14.1. The zero-order chi connectivity index (χ0) is 51.0. The zero-order valence-corrected chi connectivity index (χ0v) is 35.2. The molecule has 10 aromatic rings. The molecule has 62 heavy (non-hydrogen) atoms. The monoisotopic (exact) mass is 814 g/mol. The molecule has 4 heterocycles. The fourth-order valence-corrected chi connectivity index (χ4v) is 9.03. The molecule has 11 rings (SSSR count). The van der Waals surface area contributed by atoms with Gasteiger partial charge in [-0.3, -0.25) is 13.7 Å². The van der Waals surface area contributed by atoms with Gasteiger partial charge in [0.2, 0.25) is 0 Å². The molecule has 3 aromatic heterocycles. The smallest absolute Gasteiger partial charge is 0.269 e. The average molecular weight is 815 g/mol. The van der Waals surface area contributed by atoms with Crippen molar-refractivity contribution >= 4 is 49.9 Å². The molecule has 0 saturated carbocycles. The lowest BCUT2D eigenvalue weighted by molar-refractivity contribution is -0.571. The summed E-state index contributed by atoms with van der Waals surface area (Å²) in [6, 6.07) is 32.6. The van der Waals surface area contributed by atoms with Crippen molar-refractivity contribution < 1.29 is 18.3 Å². The predicted octanol–water partition coefficient (Wildman–Crippen LogP) is 13.2. The predicted molar refractivity (Wildman–Crippen MR) is 256 cm³/mol. The van der Waals surface area contributed by atoms with Crippen LogP contribution in [0.3, 0.4) is 0 Å². The molecule has 0 bridgehead atoms. The van der Waals surface area contributed by atoms with Gasteiger partial charge in [-0.25, -0.2) is 4.98 Å². The normalized spacial score (nSPS) is 16.0. The number of pyridine rings is 1. The van der Waals surface area contributed by atoms with E-state index in [-0.39, 0.29) is 33.4 Å². The number of nitrogens with zero attached hydrogens (tertiary/aromatic N) is 6. The lowest BCUT2D eigenvalue weighted by Gasteiger charge is -2.39. The SMILES string of the molecule is [2H]c1c([2H])c([2H])c(-c2cccc(-c3c([2H])c([2H])c([2H])c([2H])c3[2H])c2-[n+]2[c-]n(-c3cccc(N4c5cc6c(cc5N(C)C4(C)C)c4ccccc4n6-c4cc(C(C)(C)C)ccn4)c3)c3ccccc32)c([2H])c1[2H]. The first-order valence-corrected chi connectivity index (χ1v) is 20.6. The molecular formula is C56H48N6. The van der Waals surface area contributed by atoms with Crippen LogP contribution in [-0.2, 0) is 5.41 Å². The van der Waals surface area contributed by atoms with Gasteiger partial charge in [0.1, 0.15) is 11.5 Å². The van der Waals surface area contributed by atoms with Gasteiger partial charge in [-0.1, -0.05) is 148 Å². The number of hydrogen-bond donors (Lipinski definition) is 0. The van der Waals surface area contributed by atoms with E-state index in [0.717, 1.165) is 50.4 Å². The van der Waals surface area contributed by atoms with E-state index in [1.165, 1.54) is 5.56 Å². The van der Waals surface area contributed by atoms with Crippen LogP contribution in [-0.4, -0.2) is 26.8 Å². The summed E-state index contributed by atoms with van der Waals surface area (Å²) in [5, 5.41) is 2.23. The number of para-hydroxylation sites is 4. The van der Waals surface area contributed by atoms with Crippen LogP contribution in [0.25, 0.3) is 72.3 Å². The van der Waals surface area contributed by atoms with Gasteiger partial charge in [0, 0.05) is 29.7 Å². The zero-order valence-electron chi connectivity index (χ0n) is 45.2. The summed E-state index contributed by atoms with van der Waals surface area (Å²) in [7, 11) is 2.11. The van der Waals surface area contributed by atoms with Crippen molar-refractivity contribution in [3.05, 3.63) is 194 Å². The van der Waals surface area contributed by atoms with E-state index in [9.17, 15) is 0 Å². The number of rotatable bonds is 6. The highest BCUT2D eigenvalue weighted by Gasteiger charge is 2.42. The van der Waals surface area contributed by atoms with E-state index in [2.05, 4.69) is 123 Å². The highest BCUT2D eigenvalue weighted by molar-refractivity contribution is 6.12. The first kappa shape index (κ1) is 28.2. The minimum atomic E-state index is -0.561. The number of fused-ring (bicyclic) bond motifs is 5. The van der Waals surface area contributed by atoms with E-state index in [4.69, 9.17) is 18.7 Å². The van der Waals surface area contributed by atoms with Crippen molar-refractivity contribution in [3.63, 3.8) is 0 Å². The summed E-state index contributed by atoms with van der Waals surface area (Å²) in [4.78, 5) is 9.56. The molecule has 0 spiro atoms. The molecule has 302 valence electrons. The maximum absolute atomic E-state index is 9.08. The lowest BCUT2D eigenvalue weighted by atomic mass is 9.88. The van der Waals surface area contributed by atoms with Gasteiger partial charge in [0.25, 0.3) is 6.33 Å². The van der Waals surface area contributed by atoms with E-state index in [1.54, 1.807) is 22.8 Å². The number of hydrogen-bond acceptors (Lipinski definition) is 3. The van der Waals surface area contributed by atoms with Crippen LogP contribution >= 0.6 is 0 Å². The molecule has 1 aliphatic rings. The molecule has 0 radical (unpaired) electrons. The van der Waals surface area contributed by atoms with Gasteiger partial charge < -0.3 is 9.80 Å². The molecule has 0 fully saturated rings. The molecular weight excluding hydrogens is 757 g/mol. The summed E-state index contributed by atoms with van der Waals surface area (Å²) in [5.41, 5.74) is 7.85. The number of benzene rings is 7. The minimum Gasteiger partial charge on any atom is -0.350 e. The molecule has 0 saturated heterocycles. The molecule has 7 aromatic carbocycles. The second-order valence-electron chi connectivity index (χ2n) is 17.2. The highest BCUT2D eigenvalue weighted by atomic mass is 15.4. The Hall–Kier alpha value is -7.44. The highest BCUT2D eigenvalue weighted by Crippen LogP contribution is 2.51. The van der Waals surface area contributed by atoms with Crippen molar-refractivity contribution in [2.45, 2.75) is 45.7 Å². The third-order valence-corrected chi connectivity index (χ3v) is 12.3. The maximum Gasteiger partial charge on any atom is 0.269 e. The van der Waals surface area contributed by atoms with Gasteiger partial charge in [-0.15, -0.1) is 0 Å². The number of imidazole rings is 1. The van der Waals surface area contributed by atoms with Crippen LogP contribution in [0.4, 0.5) is 17.1 Å². The largest absolute Gasteiger partial charge is 0.350 e. The first-order chi connectivity index (χ1) is 34.2. The molecule has 0 unspecified atom stereocenters. The van der Waals surface area contributed by atoms with Crippen molar-refractivity contribution in [3.8, 4) is 39.4 Å². The van der Waals surface area contributed by atoms with Crippen molar-refractivity contribution in [1.82, 2.24) is 14.1 Å². The fourth-order valence-electron chi connectivity index (χ4n) is 9.03. The molecule has 0 atom stereocenters. The Morgan fingerprint density at radius 3 is 1.98 bits per heavy atom. The standard InChI is InChI=1S/C56H48N6/c1-55(2,3)40-31-32-57-53(33-40)61-47-28-14-13-25-45(47)46-35-51-52(36-50(46)61)62(56(4,5)58(51)6)42-24-17-23-41(34-42)59-37-60(49-30-16-15-29-48(49)59)54-43(38-19-9-7-10-20-38)26-18-27-44(54)39-21-11-8-12-22-39/h7-36H,1-6H3/i7D,8D,9D,10D,11D,12D,19D,20D,21D,22D. The van der Waals surface area contributed by atoms with E-state index in [1.807, 2.05) is 47.2 Å². The fraction of sp³-hybridized carbons (Fsp3) is 0.143. The third-order valence-electron chi connectivity index (χ3n) is 12.3. The Kier molecular flexibility index (Phi) is 6.39. The van der Waals surface area contributed by atoms with Crippen LogP contribution in [0.15, 0.2) is 182 Å². The molecule has 0 amide bonds. The van der Waals surface area contributed by atoms with Crippen LogP contribution in [0.5, 0.6) is 0 Å². The Morgan fingerprint density at radius 2 is 1.27 bits per heavy atom. The number of anilines is 3. The van der Waals surface area contributed by atoms with Crippen molar-refractivity contribution in [2.75, 3.05) is 16.8 Å². The minimum absolute atomic E-state index is 0.0889. The van der Waals surface area contributed by atoms with Gasteiger partial charge in [-0.05, 0) is 95.6 Å². The Morgan fingerprint density at radius 1 is 0.629 bits per heavy atom. The third kappa shape index (κ3) is 5.85. The topological polar surface area (TPSA) is 33.1 Å². The van der Waals surface area contributed by atoms with Crippen LogP contribution in [0.1, 0.15) is 53.9 Å². The summed E-state index contributed by atoms with van der Waals surface area (Å²) in [5.74, 6) is 0.832. The van der Waals surface area contributed by atoms with Gasteiger partial charge in [0.05, 0.1) is 58.5 Å². The van der Waals surface area contributed by atoms with E-state index in [0.29, 0.717) is 11.0 Å². The maximum atomic E-state index is 9.08. The molecule has 1 aliphatic heterocycles. The molecule has 6 heteroatoms. The van der Waals surface area contributed by atoms with Crippen LogP contribution < -0.4 is 14.4 Å². The Bertz CT molecular complexity index is 3800. The van der Waals surface area contributed by atoms with Crippen LogP contribution in [0, 0.1) is 6.33 Å². The summed E-state index contributed by atoms with van der Waals surface area (Å²) in [6.45, 7) is 11.0. The number of aromatic nitrogens is 4. The summed E-state index contributed by atoms with van der Waals surface area (Å²) < 4.78 is 93.4. The summed E-state index contributed by atoms with van der Waals surface area (Å²) >= 11 is 0. The summed E-state index contributed by atoms with van der Waals surface area (Å²) in [6.07, 6.45) is 5.42. The van der Waals surface area contributed by atoms with Crippen LogP contribution in [0.2, 0.25) is 0 Å². The lowest BCUT2D eigenvalue weighted by Crippen LogP contribution is -2.48.